The number of hydrogen-bond acceptors (Lipinski definition) is 3. The molecule has 4 heterocycles. The molecule has 6 rings (SSSR count). The van der Waals surface area contributed by atoms with Gasteiger partial charge in [0.15, 0.2) is 0 Å². The number of carbonyl (C=O) groups is 1. The third-order valence-corrected chi connectivity index (χ3v) is 8.45. The van der Waals surface area contributed by atoms with Crippen molar-refractivity contribution in [1.29, 1.82) is 0 Å². The van der Waals surface area contributed by atoms with Gasteiger partial charge in [0, 0.05) is 35.4 Å². The van der Waals surface area contributed by atoms with Crippen LogP contribution in [0.4, 0.5) is 0 Å². The maximum atomic E-state index is 14.2. The fraction of sp³-hybridized carbons (Fsp3) is 0.481. The van der Waals surface area contributed by atoms with Crippen molar-refractivity contribution >= 4 is 24.0 Å². The van der Waals surface area contributed by atoms with Gasteiger partial charge in [-0.25, -0.2) is 4.98 Å². The first-order valence-electron chi connectivity index (χ1n) is 12.1. The number of amides is 1. The van der Waals surface area contributed by atoms with Gasteiger partial charge in [-0.1, -0.05) is 56.2 Å². The van der Waals surface area contributed by atoms with E-state index in [4.69, 9.17) is 4.98 Å². The summed E-state index contributed by atoms with van der Waals surface area (Å²) in [4.78, 5) is 21.2. The first-order chi connectivity index (χ1) is 15.5. The van der Waals surface area contributed by atoms with Gasteiger partial charge in [-0.15, -0.1) is 12.4 Å². The molecule has 5 nitrogen and oxygen atoms in total. The normalized spacial score (nSPS) is 30.7. The van der Waals surface area contributed by atoms with Crippen molar-refractivity contribution in [1.82, 2.24) is 19.6 Å². The van der Waals surface area contributed by atoms with Gasteiger partial charge in [0.05, 0.1) is 6.04 Å². The van der Waals surface area contributed by atoms with Gasteiger partial charge in [-0.2, -0.15) is 0 Å². The Balaban J connectivity index is 0.00000228. The molecule has 0 unspecified atom stereocenters. The van der Waals surface area contributed by atoms with Gasteiger partial charge in [-0.3, -0.25) is 4.79 Å². The predicted molar refractivity (Wildman–Crippen MR) is 133 cm³/mol. The van der Waals surface area contributed by atoms with Gasteiger partial charge < -0.3 is 14.6 Å². The van der Waals surface area contributed by atoms with E-state index in [1.807, 2.05) is 22.7 Å². The Labute approximate surface area is 202 Å². The Bertz CT molecular complexity index is 1160. The lowest BCUT2D eigenvalue weighted by Gasteiger charge is -2.51. The number of pyridine rings is 1. The van der Waals surface area contributed by atoms with Crippen molar-refractivity contribution in [3.8, 4) is 0 Å². The van der Waals surface area contributed by atoms with Gasteiger partial charge >= 0.3 is 0 Å². The number of benzene rings is 1. The summed E-state index contributed by atoms with van der Waals surface area (Å²) < 4.78 is 2.04. The molecule has 1 aromatic carbocycles. The maximum Gasteiger partial charge on any atom is 0.274 e. The van der Waals surface area contributed by atoms with E-state index in [0.29, 0.717) is 17.8 Å². The summed E-state index contributed by atoms with van der Waals surface area (Å²) in [6.07, 6.45) is 8.73. The zero-order chi connectivity index (χ0) is 21.9. The average molecular weight is 465 g/mol. The zero-order valence-electron chi connectivity index (χ0n) is 19.4. The molecule has 3 fully saturated rings. The van der Waals surface area contributed by atoms with Crippen LogP contribution in [0.3, 0.4) is 0 Å². The summed E-state index contributed by atoms with van der Waals surface area (Å²) in [5.74, 6) is 0.0966. The summed E-state index contributed by atoms with van der Waals surface area (Å²) in [6.45, 7) is 4.48. The maximum absolute atomic E-state index is 14.2. The number of nitrogens with one attached hydrogen (secondary N) is 1. The molecular weight excluding hydrogens is 432 g/mol. The van der Waals surface area contributed by atoms with Crippen LogP contribution in [-0.4, -0.2) is 44.4 Å². The summed E-state index contributed by atoms with van der Waals surface area (Å²) >= 11 is 0. The van der Waals surface area contributed by atoms with Crippen LogP contribution in [0.1, 0.15) is 60.8 Å². The molecule has 1 aliphatic carbocycles. The van der Waals surface area contributed by atoms with Crippen LogP contribution < -0.4 is 5.32 Å². The van der Waals surface area contributed by atoms with E-state index in [1.54, 1.807) is 0 Å². The minimum Gasteiger partial charge on any atom is -0.329 e. The Hall–Kier alpha value is -2.37. The second-order valence-electron chi connectivity index (χ2n) is 10.3. The van der Waals surface area contributed by atoms with Crippen LogP contribution in [0.5, 0.6) is 0 Å². The highest BCUT2D eigenvalue weighted by atomic mass is 35.5. The molecule has 2 aliphatic heterocycles. The van der Waals surface area contributed by atoms with E-state index in [0.717, 1.165) is 30.6 Å². The zero-order valence-corrected chi connectivity index (χ0v) is 20.2. The molecule has 3 aromatic rings. The van der Waals surface area contributed by atoms with E-state index in [1.165, 1.54) is 24.8 Å². The summed E-state index contributed by atoms with van der Waals surface area (Å²) in [6, 6.07) is 17.9. The summed E-state index contributed by atoms with van der Waals surface area (Å²) in [5, 5.41) is 3.99. The number of carbonyl (C=O) groups excluding carboxylic acids is 1. The van der Waals surface area contributed by atoms with Gasteiger partial charge in [0.25, 0.3) is 5.91 Å². The van der Waals surface area contributed by atoms with Crippen LogP contribution in [0, 0.1) is 12.3 Å². The Morgan fingerprint density at radius 1 is 1.12 bits per heavy atom. The Morgan fingerprint density at radius 2 is 1.91 bits per heavy atom. The molecule has 1 N–H and O–H groups in total. The molecule has 0 radical (unpaired) electrons. The summed E-state index contributed by atoms with van der Waals surface area (Å²) in [7, 11) is 0. The minimum absolute atomic E-state index is 0. The monoisotopic (exact) mass is 464 g/mol. The largest absolute Gasteiger partial charge is 0.329 e. The Morgan fingerprint density at radius 3 is 2.70 bits per heavy atom. The van der Waals surface area contributed by atoms with Crippen LogP contribution in [-0.2, 0) is 6.42 Å². The molecule has 33 heavy (non-hydrogen) atoms. The van der Waals surface area contributed by atoms with Crippen molar-refractivity contribution in [3.05, 3.63) is 71.7 Å². The molecule has 1 saturated carbocycles. The number of fused-ring (bicyclic) bond motifs is 2. The second-order valence-corrected chi connectivity index (χ2v) is 10.3. The quantitative estimate of drug-likeness (QED) is 0.605. The molecule has 2 bridgehead atoms. The number of aromatic nitrogens is 2. The third kappa shape index (κ3) is 3.57. The Kier molecular flexibility index (Phi) is 5.74. The molecule has 2 saturated heterocycles. The smallest absolute Gasteiger partial charge is 0.274 e. The highest BCUT2D eigenvalue weighted by molar-refractivity contribution is 5.93. The van der Waals surface area contributed by atoms with Crippen LogP contribution >= 0.6 is 12.4 Å². The number of imidazole rings is 1. The fourth-order valence-electron chi connectivity index (χ4n) is 6.82. The number of halogens is 1. The number of piperidine rings is 1. The number of rotatable bonds is 3. The fourth-order valence-corrected chi connectivity index (χ4v) is 6.82. The molecule has 3 aliphatic rings. The number of likely N-dealkylation sites (tertiary alicyclic amines) is 1. The van der Waals surface area contributed by atoms with Crippen LogP contribution in [0.25, 0.3) is 5.65 Å². The van der Waals surface area contributed by atoms with E-state index < -0.39 is 0 Å². The number of nitrogens with zero attached hydrogens (tertiary/aromatic N) is 3. The van der Waals surface area contributed by atoms with Crippen molar-refractivity contribution < 1.29 is 4.79 Å². The van der Waals surface area contributed by atoms with E-state index in [-0.39, 0.29) is 35.8 Å². The molecule has 2 aromatic heterocycles. The first kappa shape index (κ1) is 22.4. The molecule has 0 spiro atoms. The molecular formula is C27H33ClN4O. The van der Waals surface area contributed by atoms with Gasteiger partial charge in [0.2, 0.25) is 0 Å². The van der Waals surface area contributed by atoms with Crippen molar-refractivity contribution in [3.63, 3.8) is 0 Å². The lowest BCUT2D eigenvalue weighted by Crippen LogP contribution is -2.61. The van der Waals surface area contributed by atoms with Gasteiger partial charge in [0.1, 0.15) is 11.3 Å². The van der Waals surface area contributed by atoms with Crippen molar-refractivity contribution in [2.24, 2.45) is 5.41 Å². The number of aryl methyl sites for hydroxylation is 1. The lowest BCUT2D eigenvalue weighted by atomic mass is 9.69. The van der Waals surface area contributed by atoms with Crippen LogP contribution in [0.15, 0.2) is 54.7 Å². The second kappa shape index (κ2) is 8.44. The van der Waals surface area contributed by atoms with E-state index >= 15 is 0 Å². The molecule has 174 valence electrons. The van der Waals surface area contributed by atoms with Gasteiger partial charge in [-0.05, 0) is 50.3 Å². The number of hydrogen-bond donors (Lipinski definition) is 1. The standard InChI is InChI=1S/C27H32N4O.ClH/c1-18-9-8-14-25-29-21(17-30(18)25)26(32)31-22(15-19-10-4-3-5-11-19)20-16-27(2)23(28-20)12-6-7-13-24(27)31;/h3-5,8-11,14,17,20,22-24,28H,6-7,12-13,15-16H2,1-2H3;1H/t20-,22-,23-,24+,27-;/m0./s1. The SMILES string of the molecule is Cc1cccc2nc(C(=O)N3[C@@H](Cc4ccccc4)[C@@H]4C[C@@]5(C)[C@H](CCCC[C@@H]35)N4)cn12.Cl. The summed E-state index contributed by atoms with van der Waals surface area (Å²) in [5.41, 5.74) is 3.95. The highest BCUT2D eigenvalue weighted by Crippen LogP contribution is 2.51. The molecule has 1 amide bonds. The molecule has 6 heteroatoms. The molecule has 5 atom stereocenters. The lowest BCUT2D eigenvalue weighted by molar-refractivity contribution is 0.00276. The average Bonchev–Trinajstić information content (AvgIpc) is 3.32. The van der Waals surface area contributed by atoms with Crippen molar-refractivity contribution in [2.75, 3.05) is 0 Å². The highest BCUT2D eigenvalue weighted by Gasteiger charge is 2.59. The predicted octanol–water partition coefficient (Wildman–Crippen LogP) is 4.81. The third-order valence-electron chi connectivity index (χ3n) is 8.45. The van der Waals surface area contributed by atoms with E-state index in [9.17, 15) is 4.79 Å². The van der Waals surface area contributed by atoms with Crippen molar-refractivity contribution in [2.45, 2.75) is 76.5 Å². The topological polar surface area (TPSA) is 49.6 Å². The minimum atomic E-state index is 0. The van der Waals surface area contributed by atoms with Crippen LogP contribution in [0.2, 0.25) is 0 Å². The van der Waals surface area contributed by atoms with E-state index in [2.05, 4.69) is 60.5 Å². The first-order valence-corrected chi connectivity index (χ1v) is 12.1.